The van der Waals surface area contributed by atoms with Crippen molar-refractivity contribution in [2.24, 2.45) is 5.41 Å². The molecule has 0 saturated carbocycles. The minimum atomic E-state index is -0.785. The molecule has 17 heavy (non-hydrogen) atoms. The Morgan fingerprint density at radius 1 is 1.41 bits per heavy atom. The van der Waals surface area contributed by atoms with Crippen LogP contribution in [-0.4, -0.2) is 26.6 Å². The van der Waals surface area contributed by atoms with Crippen LogP contribution in [0.25, 0.3) is 0 Å². The standard InChI is InChI=1S/C13H19NO2S/c1-13(2)8-11-10(12(15)9-13)4-5-14(11)6-7-17(3)16/h4-5H,6-9H2,1-3H3. The van der Waals surface area contributed by atoms with Crippen molar-refractivity contribution in [1.82, 2.24) is 4.57 Å². The van der Waals surface area contributed by atoms with Crippen LogP contribution in [0.3, 0.4) is 0 Å². The van der Waals surface area contributed by atoms with Crippen molar-refractivity contribution in [2.75, 3.05) is 12.0 Å². The largest absolute Gasteiger partial charge is 0.350 e. The third-order valence-electron chi connectivity index (χ3n) is 3.28. The van der Waals surface area contributed by atoms with E-state index in [0.29, 0.717) is 12.2 Å². The number of rotatable bonds is 3. The Balaban J connectivity index is 2.27. The molecule has 1 aliphatic rings. The lowest BCUT2D eigenvalue weighted by Gasteiger charge is -2.29. The second-order valence-corrected chi connectivity index (χ2v) is 7.14. The van der Waals surface area contributed by atoms with Gasteiger partial charge in [-0.05, 0) is 17.9 Å². The van der Waals surface area contributed by atoms with Crippen molar-refractivity contribution >= 4 is 16.6 Å². The molecule has 94 valence electrons. The number of aryl methyl sites for hydroxylation is 1. The maximum atomic E-state index is 12.0. The molecule has 1 aliphatic carbocycles. The predicted molar refractivity (Wildman–Crippen MR) is 69.8 cm³/mol. The number of hydrogen-bond donors (Lipinski definition) is 0. The van der Waals surface area contributed by atoms with Gasteiger partial charge in [0.2, 0.25) is 0 Å². The smallest absolute Gasteiger partial charge is 0.165 e. The monoisotopic (exact) mass is 253 g/mol. The maximum absolute atomic E-state index is 12.0. The molecule has 0 spiro atoms. The molecule has 1 heterocycles. The highest BCUT2D eigenvalue weighted by molar-refractivity contribution is 7.84. The molecule has 2 rings (SSSR count). The molecule has 0 radical (unpaired) electrons. The van der Waals surface area contributed by atoms with Gasteiger partial charge >= 0.3 is 0 Å². The van der Waals surface area contributed by atoms with Crippen molar-refractivity contribution in [1.29, 1.82) is 0 Å². The Morgan fingerprint density at radius 2 is 2.12 bits per heavy atom. The van der Waals surface area contributed by atoms with E-state index in [4.69, 9.17) is 0 Å². The summed E-state index contributed by atoms with van der Waals surface area (Å²) in [4.78, 5) is 12.0. The molecule has 0 fully saturated rings. The second kappa shape index (κ2) is 4.41. The zero-order valence-electron chi connectivity index (χ0n) is 10.7. The Labute approximate surface area is 105 Å². The van der Waals surface area contributed by atoms with Crippen molar-refractivity contribution in [2.45, 2.75) is 33.2 Å². The van der Waals surface area contributed by atoms with Crippen LogP contribution in [0, 0.1) is 5.41 Å². The van der Waals surface area contributed by atoms with Crippen molar-refractivity contribution in [3.8, 4) is 0 Å². The number of Topliss-reactive ketones (excluding diaryl/α,β-unsaturated/α-hetero) is 1. The molecule has 0 aromatic carbocycles. The molecule has 0 aliphatic heterocycles. The van der Waals surface area contributed by atoms with Gasteiger partial charge in [-0.3, -0.25) is 9.00 Å². The second-order valence-electron chi connectivity index (χ2n) is 5.59. The minimum absolute atomic E-state index is 0.0472. The zero-order chi connectivity index (χ0) is 12.6. The molecule has 0 bridgehead atoms. The van der Waals surface area contributed by atoms with Gasteiger partial charge in [0.15, 0.2) is 5.78 Å². The van der Waals surface area contributed by atoms with E-state index in [1.165, 1.54) is 0 Å². The first kappa shape index (κ1) is 12.6. The fourth-order valence-electron chi connectivity index (χ4n) is 2.44. The van der Waals surface area contributed by atoms with E-state index in [1.807, 2.05) is 12.3 Å². The maximum Gasteiger partial charge on any atom is 0.165 e. The van der Waals surface area contributed by atoms with Gasteiger partial charge in [0.1, 0.15) is 0 Å². The number of hydrogen-bond acceptors (Lipinski definition) is 2. The van der Waals surface area contributed by atoms with E-state index in [1.54, 1.807) is 6.26 Å². The zero-order valence-corrected chi connectivity index (χ0v) is 11.5. The Bertz CT molecular complexity index is 474. The molecule has 0 saturated heterocycles. The SMILES string of the molecule is CS(=O)CCn1ccc2c1CC(C)(C)CC2=O. The van der Waals surface area contributed by atoms with Crippen LogP contribution in [0.1, 0.15) is 36.3 Å². The van der Waals surface area contributed by atoms with E-state index in [2.05, 4.69) is 18.4 Å². The molecule has 3 nitrogen and oxygen atoms in total. The molecular formula is C13H19NO2S. The van der Waals surface area contributed by atoms with E-state index in [9.17, 15) is 9.00 Å². The molecule has 0 amide bonds. The van der Waals surface area contributed by atoms with E-state index in [-0.39, 0.29) is 11.2 Å². The van der Waals surface area contributed by atoms with Crippen LogP contribution in [0.5, 0.6) is 0 Å². The van der Waals surface area contributed by atoms with E-state index >= 15 is 0 Å². The van der Waals surface area contributed by atoms with E-state index < -0.39 is 10.8 Å². The molecule has 1 unspecified atom stereocenters. The third-order valence-corrected chi connectivity index (χ3v) is 4.04. The number of fused-ring (bicyclic) bond motifs is 1. The summed E-state index contributed by atoms with van der Waals surface area (Å²) < 4.78 is 13.2. The summed E-state index contributed by atoms with van der Waals surface area (Å²) >= 11 is 0. The summed E-state index contributed by atoms with van der Waals surface area (Å²) in [5.74, 6) is 0.892. The summed E-state index contributed by atoms with van der Waals surface area (Å²) in [7, 11) is -0.785. The minimum Gasteiger partial charge on any atom is -0.350 e. The van der Waals surface area contributed by atoms with Crippen molar-refractivity contribution in [3.05, 3.63) is 23.5 Å². The molecule has 4 heteroatoms. The number of ketones is 1. The lowest BCUT2D eigenvalue weighted by molar-refractivity contribution is 0.0910. The quantitative estimate of drug-likeness (QED) is 0.826. The van der Waals surface area contributed by atoms with Gasteiger partial charge in [-0.15, -0.1) is 0 Å². The summed E-state index contributed by atoms with van der Waals surface area (Å²) in [6.45, 7) is 4.99. The third kappa shape index (κ3) is 2.68. The number of nitrogens with zero attached hydrogens (tertiary/aromatic N) is 1. The highest BCUT2D eigenvalue weighted by atomic mass is 32.2. The van der Waals surface area contributed by atoms with Crippen LogP contribution < -0.4 is 0 Å². The topological polar surface area (TPSA) is 39.1 Å². The molecular weight excluding hydrogens is 234 g/mol. The first-order valence-electron chi connectivity index (χ1n) is 5.90. The molecule has 1 aromatic heterocycles. The highest BCUT2D eigenvalue weighted by Gasteiger charge is 2.32. The van der Waals surface area contributed by atoms with Crippen LogP contribution in [0.15, 0.2) is 12.3 Å². The molecule has 1 aromatic rings. The average molecular weight is 253 g/mol. The lowest BCUT2D eigenvalue weighted by atomic mass is 9.76. The van der Waals surface area contributed by atoms with Gasteiger partial charge in [-0.2, -0.15) is 0 Å². The van der Waals surface area contributed by atoms with Crippen LogP contribution in [0.2, 0.25) is 0 Å². The predicted octanol–water partition coefficient (Wildman–Crippen LogP) is 2.02. The van der Waals surface area contributed by atoms with Crippen LogP contribution >= 0.6 is 0 Å². The van der Waals surface area contributed by atoms with Gasteiger partial charge in [0, 0.05) is 53.2 Å². The van der Waals surface area contributed by atoms with Gasteiger partial charge < -0.3 is 4.57 Å². The molecule has 0 N–H and O–H groups in total. The van der Waals surface area contributed by atoms with Crippen LogP contribution in [-0.2, 0) is 23.8 Å². The summed E-state index contributed by atoms with van der Waals surface area (Å²) in [6, 6.07) is 1.91. The number of aromatic nitrogens is 1. The normalized spacial score (nSPS) is 20.1. The van der Waals surface area contributed by atoms with Gasteiger partial charge in [-0.1, -0.05) is 13.8 Å². The van der Waals surface area contributed by atoms with Gasteiger partial charge in [-0.25, -0.2) is 0 Å². The summed E-state index contributed by atoms with van der Waals surface area (Å²) in [5, 5.41) is 0. The molecule has 1 atom stereocenters. The Morgan fingerprint density at radius 3 is 2.76 bits per heavy atom. The first-order valence-corrected chi connectivity index (χ1v) is 7.63. The van der Waals surface area contributed by atoms with Crippen molar-refractivity contribution < 1.29 is 9.00 Å². The number of carbonyl (C=O) groups excluding carboxylic acids is 1. The number of carbonyl (C=O) groups is 1. The highest BCUT2D eigenvalue weighted by Crippen LogP contribution is 2.35. The van der Waals surface area contributed by atoms with Gasteiger partial charge in [0.05, 0.1) is 0 Å². The van der Waals surface area contributed by atoms with E-state index in [0.717, 1.165) is 24.2 Å². The summed E-state index contributed by atoms with van der Waals surface area (Å²) in [5.41, 5.74) is 2.04. The summed E-state index contributed by atoms with van der Waals surface area (Å²) in [6.07, 6.45) is 5.23. The fourth-order valence-corrected chi connectivity index (χ4v) is 2.89. The average Bonchev–Trinajstić information content (AvgIpc) is 2.56. The Kier molecular flexibility index (Phi) is 3.25. The van der Waals surface area contributed by atoms with Crippen molar-refractivity contribution in [3.63, 3.8) is 0 Å². The van der Waals surface area contributed by atoms with Gasteiger partial charge in [0.25, 0.3) is 0 Å². The van der Waals surface area contributed by atoms with Crippen LogP contribution in [0.4, 0.5) is 0 Å². The Hall–Kier alpha value is -0.900. The lowest BCUT2D eigenvalue weighted by Crippen LogP contribution is -2.28. The fraction of sp³-hybridized carbons (Fsp3) is 0.615. The first-order chi connectivity index (χ1) is 7.89.